The zero-order chi connectivity index (χ0) is 12.1. The Hall–Kier alpha value is -1.08. The van der Waals surface area contributed by atoms with Gasteiger partial charge in [-0.25, -0.2) is 0 Å². The molecule has 1 amide bonds. The molecule has 0 radical (unpaired) electrons. The van der Waals surface area contributed by atoms with Crippen molar-refractivity contribution in [3.05, 3.63) is 0 Å². The van der Waals surface area contributed by atoms with Crippen LogP contribution in [0.15, 0.2) is 0 Å². The van der Waals surface area contributed by atoms with Gasteiger partial charge in [-0.2, -0.15) is 0 Å². The molecule has 0 aliphatic carbocycles. The molecule has 1 heterocycles. The van der Waals surface area contributed by atoms with E-state index in [1.165, 1.54) is 0 Å². The molecule has 1 aliphatic rings. The Kier molecular flexibility index (Phi) is 4.75. The second-order valence-electron chi connectivity index (χ2n) is 3.54. The van der Waals surface area contributed by atoms with E-state index in [1.54, 1.807) is 11.8 Å². The molecule has 0 aromatic rings. The Balaban J connectivity index is 2.42. The molecule has 0 spiro atoms. The fourth-order valence-corrected chi connectivity index (χ4v) is 2.37. The number of rotatable bonds is 5. The van der Waals surface area contributed by atoms with E-state index in [0.717, 1.165) is 0 Å². The average molecular weight is 246 g/mol. The minimum Gasteiger partial charge on any atom is -0.481 e. The maximum absolute atomic E-state index is 11.6. The Morgan fingerprint density at radius 2 is 2.38 bits per heavy atom. The van der Waals surface area contributed by atoms with Crippen molar-refractivity contribution >= 4 is 29.9 Å². The zero-order valence-electron chi connectivity index (χ0n) is 8.80. The summed E-state index contributed by atoms with van der Waals surface area (Å²) in [5.74, 6) is -0.805. The normalized spacial score (nSPS) is 26.1. The van der Waals surface area contributed by atoms with Crippen molar-refractivity contribution < 1.29 is 19.5 Å². The fourth-order valence-electron chi connectivity index (χ4n) is 1.38. The summed E-state index contributed by atoms with van der Waals surface area (Å²) < 4.78 is 0. The van der Waals surface area contributed by atoms with Gasteiger partial charge in [-0.3, -0.25) is 14.9 Å². The number of carbonyl (C=O) groups is 3. The van der Waals surface area contributed by atoms with Crippen LogP contribution in [0.2, 0.25) is 0 Å². The Bertz CT molecular complexity index is 297. The summed E-state index contributed by atoms with van der Waals surface area (Å²) in [6, 6.07) is -1.30. The molecule has 0 bridgehead atoms. The lowest BCUT2D eigenvalue weighted by molar-refractivity contribution is -0.138. The molecule has 6 nitrogen and oxygen atoms in total. The number of hydrogen-bond acceptors (Lipinski definition) is 5. The van der Waals surface area contributed by atoms with Crippen molar-refractivity contribution in [1.29, 1.82) is 0 Å². The molecular formula is C9H14N2O4S. The van der Waals surface area contributed by atoms with Crippen molar-refractivity contribution in [2.45, 2.75) is 30.8 Å². The molecule has 0 aromatic heterocycles. The molecule has 0 saturated carbocycles. The van der Waals surface area contributed by atoms with Gasteiger partial charge in [-0.1, -0.05) is 0 Å². The summed E-state index contributed by atoms with van der Waals surface area (Å²) in [7, 11) is 0. The smallest absolute Gasteiger partial charge is 0.305 e. The van der Waals surface area contributed by atoms with E-state index >= 15 is 0 Å². The third-order valence-corrected chi connectivity index (χ3v) is 3.31. The highest BCUT2D eigenvalue weighted by Gasteiger charge is 2.28. The Morgan fingerprint density at radius 1 is 1.69 bits per heavy atom. The molecule has 1 rings (SSSR count). The highest BCUT2D eigenvalue weighted by atomic mass is 32.2. The van der Waals surface area contributed by atoms with Crippen LogP contribution in [0.3, 0.4) is 0 Å². The summed E-state index contributed by atoms with van der Waals surface area (Å²) in [4.78, 5) is 32.5. The number of carboxylic acids is 1. The van der Waals surface area contributed by atoms with Crippen LogP contribution in [-0.2, 0) is 14.4 Å². The highest BCUT2D eigenvalue weighted by molar-refractivity contribution is 8.00. The maximum atomic E-state index is 11.6. The van der Waals surface area contributed by atoms with Crippen LogP contribution in [0.5, 0.6) is 0 Å². The van der Waals surface area contributed by atoms with E-state index in [-0.39, 0.29) is 23.7 Å². The van der Waals surface area contributed by atoms with E-state index in [0.29, 0.717) is 12.0 Å². The number of carboxylic acid groups (broad SMARTS) is 1. The number of nitrogens with one attached hydrogen (secondary N) is 2. The molecule has 3 N–H and O–H groups in total. The highest BCUT2D eigenvalue weighted by Crippen LogP contribution is 2.17. The van der Waals surface area contributed by atoms with Gasteiger partial charge < -0.3 is 15.2 Å². The quantitative estimate of drug-likeness (QED) is 0.549. The van der Waals surface area contributed by atoms with E-state index < -0.39 is 12.0 Å². The van der Waals surface area contributed by atoms with Crippen LogP contribution >= 0.6 is 11.8 Å². The largest absolute Gasteiger partial charge is 0.481 e. The molecule has 7 heteroatoms. The van der Waals surface area contributed by atoms with Gasteiger partial charge in [0.15, 0.2) is 0 Å². The third kappa shape index (κ3) is 3.82. The van der Waals surface area contributed by atoms with Crippen molar-refractivity contribution in [2.24, 2.45) is 0 Å². The first-order valence-electron chi connectivity index (χ1n) is 4.88. The number of aliphatic carboxylic acids is 1. The van der Waals surface area contributed by atoms with E-state index in [1.807, 2.05) is 6.92 Å². The van der Waals surface area contributed by atoms with Crippen molar-refractivity contribution in [1.82, 2.24) is 10.6 Å². The Morgan fingerprint density at radius 3 is 2.81 bits per heavy atom. The number of amides is 1. The van der Waals surface area contributed by atoms with Crippen LogP contribution in [-0.4, -0.2) is 46.5 Å². The summed E-state index contributed by atoms with van der Waals surface area (Å²) in [5.41, 5.74) is 0. The van der Waals surface area contributed by atoms with Crippen LogP contribution in [0.4, 0.5) is 0 Å². The first kappa shape index (κ1) is 13.0. The summed E-state index contributed by atoms with van der Waals surface area (Å²) >= 11 is 1.61. The van der Waals surface area contributed by atoms with Gasteiger partial charge in [0.05, 0.1) is 23.9 Å². The second-order valence-corrected chi connectivity index (χ2v) is 4.92. The second kappa shape index (κ2) is 5.86. The van der Waals surface area contributed by atoms with Crippen molar-refractivity contribution in [2.75, 3.05) is 5.75 Å². The van der Waals surface area contributed by atoms with Gasteiger partial charge in [0.2, 0.25) is 5.91 Å². The summed E-state index contributed by atoms with van der Waals surface area (Å²) in [6.45, 7) is 1.94. The topological polar surface area (TPSA) is 95.5 Å². The standard InChI is InChI=1S/C9H14N2O4S/c1-5-10-7(4-16-5)9(15)11-6(3-12)2-8(13)14/h3,5-7,10H,2,4H2,1H3,(H,11,15)(H,13,14). The Labute approximate surface area is 97.2 Å². The van der Waals surface area contributed by atoms with Crippen LogP contribution < -0.4 is 10.6 Å². The minimum absolute atomic E-state index is 0.199. The van der Waals surface area contributed by atoms with Gasteiger partial charge in [0, 0.05) is 5.75 Å². The van der Waals surface area contributed by atoms with Crippen molar-refractivity contribution in [3.63, 3.8) is 0 Å². The number of thioether (sulfide) groups is 1. The molecule has 1 aliphatic heterocycles. The van der Waals surface area contributed by atoms with Crippen LogP contribution in [0.1, 0.15) is 13.3 Å². The zero-order valence-corrected chi connectivity index (χ0v) is 9.62. The van der Waals surface area contributed by atoms with Gasteiger partial charge in [0.1, 0.15) is 6.29 Å². The van der Waals surface area contributed by atoms with Gasteiger partial charge >= 0.3 is 5.97 Å². The number of hydrogen-bond donors (Lipinski definition) is 3. The molecule has 3 atom stereocenters. The molecule has 16 heavy (non-hydrogen) atoms. The van der Waals surface area contributed by atoms with Gasteiger partial charge in [-0.05, 0) is 6.92 Å². The predicted octanol–water partition coefficient (Wildman–Crippen LogP) is -0.804. The molecule has 90 valence electrons. The summed E-state index contributed by atoms with van der Waals surface area (Å²) in [5, 5.41) is 14.1. The molecular weight excluding hydrogens is 232 g/mol. The maximum Gasteiger partial charge on any atom is 0.305 e. The molecule has 1 saturated heterocycles. The van der Waals surface area contributed by atoms with Crippen LogP contribution in [0.25, 0.3) is 0 Å². The number of aldehydes is 1. The minimum atomic E-state index is -1.11. The number of carbonyl (C=O) groups excluding carboxylic acids is 2. The molecule has 0 aromatic carbocycles. The lowest BCUT2D eigenvalue weighted by Crippen LogP contribution is -2.48. The van der Waals surface area contributed by atoms with E-state index in [9.17, 15) is 14.4 Å². The summed E-state index contributed by atoms with van der Waals surface area (Å²) in [6.07, 6.45) is 0.0577. The van der Waals surface area contributed by atoms with Crippen molar-refractivity contribution in [3.8, 4) is 0 Å². The first-order chi connectivity index (χ1) is 7.52. The van der Waals surface area contributed by atoms with E-state index in [4.69, 9.17) is 5.11 Å². The van der Waals surface area contributed by atoms with Crippen LogP contribution in [0, 0.1) is 0 Å². The monoisotopic (exact) mass is 246 g/mol. The molecule has 1 fully saturated rings. The average Bonchev–Trinajstić information content (AvgIpc) is 2.63. The lowest BCUT2D eigenvalue weighted by atomic mass is 10.2. The van der Waals surface area contributed by atoms with Gasteiger partial charge in [0.25, 0.3) is 0 Å². The molecule has 3 unspecified atom stereocenters. The van der Waals surface area contributed by atoms with E-state index in [2.05, 4.69) is 10.6 Å². The fraction of sp³-hybridized carbons (Fsp3) is 0.667. The first-order valence-corrected chi connectivity index (χ1v) is 5.93. The lowest BCUT2D eigenvalue weighted by Gasteiger charge is -2.14. The van der Waals surface area contributed by atoms with Gasteiger partial charge in [-0.15, -0.1) is 11.8 Å². The SMILES string of the molecule is CC1NC(C(=O)NC(C=O)CC(=O)O)CS1. The third-order valence-electron chi connectivity index (χ3n) is 2.15. The predicted molar refractivity (Wildman–Crippen MR) is 59.1 cm³/mol.